The van der Waals surface area contributed by atoms with Crippen LogP contribution in [0.4, 0.5) is 4.39 Å². The smallest absolute Gasteiger partial charge is 0.233 e. The maximum Gasteiger partial charge on any atom is 0.233 e. The van der Waals surface area contributed by atoms with Gasteiger partial charge < -0.3 is 10.6 Å². The van der Waals surface area contributed by atoms with Crippen LogP contribution in [0, 0.1) is 11.7 Å². The number of halogens is 2. The van der Waals surface area contributed by atoms with Gasteiger partial charge in [-0.05, 0) is 36.9 Å². The number of nitrogens with zero attached hydrogens (tertiary/aromatic N) is 1. The number of likely N-dealkylation sites (tertiary alicyclic amines) is 1. The molecule has 2 aromatic carbocycles. The van der Waals surface area contributed by atoms with E-state index >= 15 is 0 Å². The fourth-order valence-electron chi connectivity index (χ4n) is 4.23. The first kappa shape index (κ1) is 18.9. The van der Waals surface area contributed by atoms with Crippen LogP contribution in [0.25, 0.3) is 0 Å². The summed E-state index contributed by atoms with van der Waals surface area (Å²) in [6.45, 7) is 1.88. The molecule has 0 aromatic heterocycles. The molecule has 2 fully saturated rings. The average molecular weight is 375 g/mol. The molecule has 4 rings (SSSR count). The number of hydrogen-bond donors (Lipinski definition) is 1. The molecule has 1 heterocycles. The average Bonchev–Trinajstić information content (AvgIpc) is 3.34. The Morgan fingerprint density at radius 3 is 2.35 bits per heavy atom. The van der Waals surface area contributed by atoms with Crippen molar-refractivity contribution in [3.8, 4) is 0 Å². The molecule has 1 aliphatic heterocycles. The van der Waals surface area contributed by atoms with Gasteiger partial charge in [-0.3, -0.25) is 4.79 Å². The van der Waals surface area contributed by atoms with E-state index < -0.39 is 5.41 Å². The maximum absolute atomic E-state index is 14.3. The lowest BCUT2D eigenvalue weighted by Gasteiger charge is -2.24. The van der Waals surface area contributed by atoms with Crippen LogP contribution in [0.15, 0.2) is 54.6 Å². The van der Waals surface area contributed by atoms with Crippen LogP contribution in [0.5, 0.6) is 0 Å². The molecule has 2 N–H and O–H groups in total. The topological polar surface area (TPSA) is 46.3 Å². The van der Waals surface area contributed by atoms with Gasteiger partial charge >= 0.3 is 0 Å². The second kappa shape index (κ2) is 7.37. The Bertz CT molecular complexity index is 779. The first-order valence-corrected chi connectivity index (χ1v) is 8.95. The summed E-state index contributed by atoms with van der Waals surface area (Å²) in [5.74, 6) is 0.298. The van der Waals surface area contributed by atoms with Gasteiger partial charge in [0.25, 0.3) is 0 Å². The summed E-state index contributed by atoms with van der Waals surface area (Å²) in [6, 6.07) is 16.9. The minimum absolute atomic E-state index is 0. The van der Waals surface area contributed by atoms with Gasteiger partial charge in [-0.25, -0.2) is 4.39 Å². The molecular formula is C21H24ClFN2O. The first-order chi connectivity index (χ1) is 12.2. The van der Waals surface area contributed by atoms with Crippen LogP contribution in [0.2, 0.25) is 0 Å². The van der Waals surface area contributed by atoms with E-state index in [2.05, 4.69) is 12.1 Å². The highest BCUT2D eigenvalue weighted by atomic mass is 35.5. The van der Waals surface area contributed by atoms with Crippen LogP contribution in [0.1, 0.15) is 29.9 Å². The van der Waals surface area contributed by atoms with Crippen molar-refractivity contribution in [2.45, 2.75) is 24.2 Å². The van der Waals surface area contributed by atoms with Gasteiger partial charge in [0.05, 0.1) is 5.41 Å². The van der Waals surface area contributed by atoms with Crippen molar-refractivity contribution in [3.05, 3.63) is 71.5 Å². The third kappa shape index (κ3) is 3.12. The summed E-state index contributed by atoms with van der Waals surface area (Å²) < 4.78 is 14.3. The van der Waals surface area contributed by atoms with E-state index in [-0.39, 0.29) is 36.0 Å². The summed E-state index contributed by atoms with van der Waals surface area (Å²) in [5.41, 5.74) is 7.10. The van der Waals surface area contributed by atoms with Crippen LogP contribution in [-0.2, 0) is 10.2 Å². The molecule has 0 bridgehead atoms. The molecule has 0 unspecified atom stereocenters. The number of benzene rings is 2. The standard InChI is InChI=1S/C21H23FN2O.ClH/c22-19-9-5-4-8-18(19)21(10-11-21)20(25)24-13-16(12-23)17(14-24)15-6-2-1-3-7-15;/h1-9,16-17H,10-14,23H2;1H/t16-,17+;/m1./s1. The summed E-state index contributed by atoms with van der Waals surface area (Å²) in [4.78, 5) is 15.2. The predicted octanol–water partition coefficient (Wildman–Crippen LogP) is 3.48. The van der Waals surface area contributed by atoms with Crippen molar-refractivity contribution in [1.29, 1.82) is 0 Å². The fourth-order valence-corrected chi connectivity index (χ4v) is 4.23. The van der Waals surface area contributed by atoms with E-state index in [4.69, 9.17) is 5.73 Å². The molecule has 2 aromatic rings. The van der Waals surface area contributed by atoms with Crippen molar-refractivity contribution in [2.24, 2.45) is 11.7 Å². The zero-order valence-corrected chi connectivity index (χ0v) is 15.4. The quantitative estimate of drug-likeness (QED) is 0.890. The molecule has 2 atom stereocenters. The molecule has 138 valence electrons. The molecule has 1 amide bonds. The van der Waals surface area contributed by atoms with Gasteiger partial charge in [0.1, 0.15) is 5.82 Å². The Kier molecular flexibility index (Phi) is 5.35. The van der Waals surface area contributed by atoms with Crippen molar-refractivity contribution in [1.82, 2.24) is 4.90 Å². The molecular weight excluding hydrogens is 351 g/mol. The minimum Gasteiger partial charge on any atom is -0.341 e. The Morgan fingerprint density at radius 1 is 1.08 bits per heavy atom. The summed E-state index contributed by atoms with van der Waals surface area (Å²) >= 11 is 0. The lowest BCUT2D eigenvalue weighted by Crippen LogP contribution is -2.38. The summed E-state index contributed by atoms with van der Waals surface area (Å²) in [5, 5.41) is 0. The zero-order chi connectivity index (χ0) is 17.4. The number of hydrogen-bond acceptors (Lipinski definition) is 2. The van der Waals surface area contributed by atoms with Gasteiger partial charge in [0.2, 0.25) is 5.91 Å². The van der Waals surface area contributed by atoms with Gasteiger partial charge in [-0.1, -0.05) is 48.5 Å². The van der Waals surface area contributed by atoms with E-state index in [1.54, 1.807) is 12.1 Å². The van der Waals surface area contributed by atoms with E-state index in [9.17, 15) is 9.18 Å². The molecule has 5 heteroatoms. The summed E-state index contributed by atoms with van der Waals surface area (Å²) in [6.07, 6.45) is 1.46. The number of amides is 1. The van der Waals surface area contributed by atoms with Gasteiger partial charge in [0.15, 0.2) is 0 Å². The Hall–Kier alpha value is -1.91. The Balaban J connectivity index is 0.00000196. The molecule has 2 aliphatic rings. The zero-order valence-electron chi connectivity index (χ0n) is 14.6. The molecule has 0 radical (unpaired) electrons. The Morgan fingerprint density at radius 2 is 1.73 bits per heavy atom. The highest BCUT2D eigenvalue weighted by molar-refractivity contribution is 5.91. The monoisotopic (exact) mass is 374 g/mol. The van der Waals surface area contributed by atoms with Crippen molar-refractivity contribution in [2.75, 3.05) is 19.6 Å². The van der Waals surface area contributed by atoms with Gasteiger partial charge in [-0.15, -0.1) is 12.4 Å². The second-order valence-corrected chi connectivity index (χ2v) is 7.29. The molecule has 26 heavy (non-hydrogen) atoms. The van der Waals surface area contributed by atoms with Crippen molar-refractivity contribution < 1.29 is 9.18 Å². The molecule has 1 saturated carbocycles. The lowest BCUT2D eigenvalue weighted by atomic mass is 9.89. The molecule has 3 nitrogen and oxygen atoms in total. The predicted molar refractivity (Wildman–Crippen MR) is 103 cm³/mol. The van der Waals surface area contributed by atoms with E-state index in [1.165, 1.54) is 11.6 Å². The van der Waals surface area contributed by atoms with Crippen LogP contribution in [-0.4, -0.2) is 30.4 Å². The maximum atomic E-state index is 14.3. The highest BCUT2D eigenvalue weighted by Crippen LogP contribution is 2.51. The van der Waals surface area contributed by atoms with Crippen LogP contribution >= 0.6 is 12.4 Å². The molecule has 0 spiro atoms. The fraction of sp³-hybridized carbons (Fsp3) is 0.381. The van der Waals surface area contributed by atoms with Gasteiger partial charge in [0, 0.05) is 24.6 Å². The van der Waals surface area contributed by atoms with E-state index in [0.29, 0.717) is 25.2 Å². The number of nitrogens with two attached hydrogens (primary N) is 1. The normalized spacial score (nSPS) is 23.4. The number of rotatable bonds is 4. The number of carbonyl (C=O) groups excluding carboxylic acids is 1. The van der Waals surface area contributed by atoms with Crippen molar-refractivity contribution >= 4 is 18.3 Å². The van der Waals surface area contributed by atoms with Crippen molar-refractivity contribution in [3.63, 3.8) is 0 Å². The SMILES string of the molecule is Cl.NC[C@@H]1CN(C(=O)C2(c3ccccc3F)CC2)C[C@H]1c1ccccc1. The number of carbonyl (C=O) groups is 1. The highest BCUT2D eigenvalue weighted by Gasteiger charge is 2.55. The van der Waals surface area contributed by atoms with E-state index in [0.717, 1.165) is 12.8 Å². The lowest BCUT2D eigenvalue weighted by molar-refractivity contribution is -0.133. The Labute approximate surface area is 159 Å². The first-order valence-electron chi connectivity index (χ1n) is 8.95. The van der Waals surface area contributed by atoms with Crippen LogP contribution in [0.3, 0.4) is 0 Å². The summed E-state index contributed by atoms with van der Waals surface area (Å²) in [7, 11) is 0. The minimum atomic E-state index is -0.657. The third-order valence-corrected chi connectivity index (χ3v) is 5.81. The molecule has 1 saturated heterocycles. The third-order valence-electron chi connectivity index (χ3n) is 5.81. The largest absolute Gasteiger partial charge is 0.341 e. The second-order valence-electron chi connectivity index (χ2n) is 7.29. The van der Waals surface area contributed by atoms with E-state index in [1.807, 2.05) is 29.2 Å². The van der Waals surface area contributed by atoms with Crippen LogP contribution < -0.4 is 5.73 Å². The molecule has 1 aliphatic carbocycles. The van der Waals surface area contributed by atoms with Gasteiger partial charge in [-0.2, -0.15) is 0 Å².